The van der Waals surface area contributed by atoms with Gasteiger partial charge in [-0.15, -0.1) is 0 Å². The highest BCUT2D eigenvalue weighted by molar-refractivity contribution is 7.93. The molecular formula is C14H18FNO4S. The molecule has 0 aliphatic heterocycles. The maximum absolute atomic E-state index is 13.5. The first-order valence-corrected chi connectivity index (χ1v) is 8.25. The van der Waals surface area contributed by atoms with Crippen molar-refractivity contribution in [2.24, 2.45) is 5.92 Å². The van der Waals surface area contributed by atoms with E-state index < -0.39 is 33.0 Å². The predicted molar refractivity (Wildman–Crippen MR) is 76.8 cm³/mol. The Bertz CT molecular complexity index is 644. The molecule has 0 amide bonds. The predicted octanol–water partition coefficient (Wildman–Crippen LogP) is 2.22. The van der Waals surface area contributed by atoms with Crippen LogP contribution in [0.3, 0.4) is 0 Å². The fraction of sp³-hybridized carbons (Fsp3) is 0.500. The number of aryl methyl sites for hydroxylation is 1. The third-order valence-corrected chi connectivity index (χ3v) is 5.67. The number of carbonyl (C=O) groups is 1. The number of methoxy groups -OCH3 is 1. The molecule has 0 saturated heterocycles. The number of carbonyl (C=O) groups excluding carboxylic acids is 1. The second kappa shape index (κ2) is 6.01. The van der Waals surface area contributed by atoms with E-state index in [1.54, 1.807) is 6.92 Å². The van der Waals surface area contributed by atoms with Gasteiger partial charge in [0.1, 0.15) is 5.82 Å². The minimum absolute atomic E-state index is 0.161. The zero-order valence-corrected chi connectivity index (χ0v) is 12.7. The number of esters is 1. The maximum Gasteiger partial charge on any atom is 0.310 e. The normalized spacial score (nSPS) is 22.0. The molecule has 0 heterocycles. The molecule has 1 aliphatic rings. The van der Waals surface area contributed by atoms with Gasteiger partial charge in [-0.2, -0.15) is 0 Å². The van der Waals surface area contributed by atoms with Crippen molar-refractivity contribution in [1.29, 1.82) is 0 Å². The number of benzene rings is 1. The lowest BCUT2D eigenvalue weighted by molar-refractivity contribution is -0.145. The number of halogens is 1. The quantitative estimate of drug-likeness (QED) is 0.865. The maximum atomic E-state index is 13.5. The second-order valence-corrected chi connectivity index (χ2v) is 7.11. The van der Waals surface area contributed by atoms with Gasteiger partial charge in [-0.1, -0.05) is 12.5 Å². The van der Waals surface area contributed by atoms with Gasteiger partial charge >= 0.3 is 5.97 Å². The molecule has 2 rings (SSSR count). The van der Waals surface area contributed by atoms with Gasteiger partial charge in [0.15, 0.2) is 0 Å². The van der Waals surface area contributed by atoms with E-state index in [4.69, 9.17) is 0 Å². The number of hydrogen-bond acceptors (Lipinski definition) is 4. The number of ether oxygens (including phenoxy) is 1. The van der Waals surface area contributed by atoms with Crippen LogP contribution in [0.1, 0.15) is 24.8 Å². The molecule has 0 aromatic heterocycles. The molecule has 1 aromatic rings. The highest BCUT2D eigenvalue weighted by atomic mass is 32.2. The first-order chi connectivity index (χ1) is 9.85. The standard InChI is InChI=1S/C14H18FNO4S/c1-9-6-7-10(8-12(9)15)16-21(18,19)13-5-3-4-11(13)14(17)20-2/h6-8,11,13,16H,3-5H2,1-2H3. The fourth-order valence-electron chi connectivity index (χ4n) is 2.61. The van der Waals surface area contributed by atoms with E-state index in [9.17, 15) is 17.6 Å². The van der Waals surface area contributed by atoms with Crippen LogP contribution in [0, 0.1) is 18.7 Å². The van der Waals surface area contributed by atoms with Crippen LogP contribution < -0.4 is 4.72 Å². The zero-order chi connectivity index (χ0) is 15.6. The number of nitrogens with one attached hydrogen (secondary N) is 1. The number of hydrogen-bond donors (Lipinski definition) is 1. The van der Waals surface area contributed by atoms with Gasteiger partial charge in [-0.25, -0.2) is 12.8 Å². The lowest BCUT2D eigenvalue weighted by Gasteiger charge is -2.19. The molecule has 1 aromatic carbocycles. The summed E-state index contributed by atoms with van der Waals surface area (Å²) in [7, 11) is -2.52. The van der Waals surface area contributed by atoms with Gasteiger partial charge < -0.3 is 4.74 Å². The Labute approximate surface area is 123 Å². The third kappa shape index (κ3) is 3.34. The Morgan fingerprint density at radius 3 is 2.71 bits per heavy atom. The Balaban J connectivity index is 2.21. The second-order valence-electron chi connectivity index (χ2n) is 5.21. The van der Waals surface area contributed by atoms with E-state index >= 15 is 0 Å². The van der Waals surface area contributed by atoms with Crippen LogP contribution in [0.2, 0.25) is 0 Å². The summed E-state index contributed by atoms with van der Waals surface area (Å²) in [5, 5.41) is -0.839. The third-order valence-electron chi connectivity index (χ3n) is 3.79. The van der Waals surface area contributed by atoms with Crippen LogP contribution in [-0.2, 0) is 19.6 Å². The number of anilines is 1. The SMILES string of the molecule is COC(=O)C1CCCC1S(=O)(=O)Nc1ccc(C)c(F)c1. The van der Waals surface area contributed by atoms with Crippen molar-refractivity contribution in [2.75, 3.05) is 11.8 Å². The van der Waals surface area contributed by atoms with Gasteiger partial charge in [0, 0.05) is 0 Å². The van der Waals surface area contributed by atoms with E-state index in [0.29, 0.717) is 24.8 Å². The Hall–Kier alpha value is -1.63. The van der Waals surface area contributed by atoms with E-state index in [2.05, 4.69) is 9.46 Å². The van der Waals surface area contributed by atoms with Crippen molar-refractivity contribution in [3.63, 3.8) is 0 Å². The molecule has 5 nitrogen and oxygen atoms in total. The summed E-state index contributed by atoms with van der Waals surface area (Å²) in [5.74, 6) is -1.66. The van der Waals surface area contributed by atoms with Crippen molar-refractivity contribution in [1.82, 2.24) is 0 Å². The van der Waals surface area contributed by atoms with E-state index in [-0.39, 0.29) is 5.69 Å². The number of rotatable bonds is 4. The molecule has 21 heavy (non-hydrogen) atoms. The van der Waals surface area contributed by atoms with Crippen LogP contribution in [0.5, 0.6) is 0 Å². The highest BCUT2D eigenvalue weighted by Gasteiger charge is 2.42. The topological polar surface area (TPSA) is 72.5 Å². The van der Waals surface area contributed by atoms with Gasteiger partial charge in [0.2, 0.25) is 10.0 Å². The highest BCUT2D eigenvalue weighted by Crippen LogP contribution is 2.33. The molecule has 2 unspecified atom stereocenters. The fourth-order valence-corrected chi connectivity index (χ4v) is 4.38. The molecule has 1 fully saturated rings. The van der Waals surface area contributed by atoms with Crippen molar-refractivity contribution >= 4 is 21.7 Å². The minimum atomic E-state index is -3.76. The molecule has 2 atom stereocenters. The van der Waals surface area contributed by atoms with Crippen LogP contribution >= 0.6 is 0 Å². The van der Waals surface area contributed by atoms with Crippen LogP contribution in [0.25, 0.3) is 0 Å². The summed E-state index contributed by atoms with van der Waals surface area (Å²) in [5.41, 5.74) is 0.597. The van der Waals surface area contributed by atoms with E-state index in [0.717, 1.165) is 6.07 Å². The first kappa shape index (κ1) is 15.8. The van der Waals surface area contributed by atoms with Gasteiger partial charge in [-0.3, -0.25) is 9.52 Å². The number of sulfonamides is 1. The summed E-state index contributed by atoms with van der Waals surface area (Å²) < 4.78 is 45.3. The molecule has 1 N–H and O–H groups in total. The molecule has 1 saturated carbocycles. The Kier molecular flexibility index (Phi) is 4.51. The lowest BCUT2D eigenvalue weighted by Crippen LogP contribution is -2.35. The summed E-state index contributed by atoms with van der Waals surface area (Å²) in [6, 6.07) is 4.13. The summed E-state index contributed by atoms with van der Waals surface area (Å²) in [6.07, 6.45) is 1.53. The largest absolute Gasteiger partial charge is 0.469 e. The molecule has 1 aliphatic carbocycles. The summed E-state index contributed by atoms with van der Waals surface area (Å²) in [6.45, 7) is 1.60. The van der Waals surface area contributed by atoms with Crippen LogP contribution in [0.4, 0.5) is 10.1 Å². The van der Waals surface area contributed by atoms with Gasteiger partial charge in [0.05, 0.1) is 24.0 Å². The van der Waals surface area contributed by atoms with Crippen molar-refractivity contribution in [3.05, 3.63) is 29.6 Å². The van der Waals surface area contributed by atoms with Crippen LogP contribution in [0.15, 0.2) is 18.2 Å². The van der Waals surface area contributed by atoms with Gasteiger partial charge in [-0.05, 0) is 37.5 Å². The first-order valence-electron chi connectivity index (χ1n) is 6.71. The van der Waals surface area contributed by atoms with E-state index in [1.807, 2.05) is 0 Å². The lowest BCUT2D eigenvalue weighted by atomic mass is 10.1. The van der Waals surface area contributed by atoms with Crippen molar-refractivity contribution in [3.8, 4) is 0 Å². The Morgan fingerprint density at radius 1 is 1.38 bits per heavy atom. The van der Waals surface area contributed by atoms with Gasteiger partial charge in [0.25, 0.3) is 0 Å². The van der Waals surface area contributed by atoms with Crippen molar-refractivity contribution < 1.29 is 22.3 Å². The molecule has 116 valence electrons. The minimum Gasteiger partial charge on any atom is -0.469 e. The van der Waals surface area contributed by atoms with E-state index in [1.165, 1.54) is 19.2 Å². The molecule has 0 spiro atoms. The molecular weight excluding hydrogens is 297 g/mol. The monoisotopic (exact) mass is 315 g/mol. The summed E-state index contributed by atoms with van der Waals surface area (Å²) in [4.78, 5) is 11.6. The van der Waals surface area contributed by atoms with Crippen molar-refractivity contribution in [2.45, 2.75) is 31.4 Å². The average molecular weight is 315 g/mol. The summed E-state index contributed by atoms with van der Waals surface area (Å²) >= 11 is 0. The zero-order valence-electron chi connectivity index (χ0n) is 11.9. The molecule has 0 bridgehead atoms. The Morgan fingerprint density at radius 2 is 2.10 bits per heavy atom. The average Bonchev–Trinajstić information content (AvgIpc) is 2.92. The van der Waals surface area contributed by atoms with Crippen LogP contribution in [-0.4, -0.2) is 26.7 Å². The smallest absolute Gasteiger partial charge is 0.310 e. The molecule has 0 radical (unpaired) electrons. The molecule has 7 heteroatoms.